The van der Waals surface area contributed by atoms with Crippen molar-refractivity contribution in [2.24, 2.45) is 5.73 Å². The first kappa shape index (κ1) is 13.6. The molecule has 4 nitrogen and oxygen atoms in total. The third kappa shape index (κ3) is 3.53. The van der Waals surface area contributed by atoms with Crippen molar-refractivity contribution >= 4 is 17.5 Å². The molecular formula is C12H16ClNO3. The van der Waals surface area contributed by atoms with E-state index in [1.54, 1.807) is 6.07 Å². The summed E-state index contributed by atoms with van der Waals surface area (Å²) in [4.78, 5) is 11.1. The molecule has 0 aliphatic carbocycles. The van der Waals surface area contributed by atoms with E-state index in [1.807, 2.05) is 0 Å². The van der Waals surface area contributed by atoms with Crippen LogP contribution >= 0.6 is 11.6 Å². The van der Waals surface area contributed by atoms with E-state index in [1.165, 1.54) is 13.2 Å². The van der Waals surface area contributed by atoms with Crippen molar-refractivity contribution in [2.45, 2.75) is 19.8 Å². The predicted molar refractivity (Wildman–Crippen MR) is 66.9 cm³/mol. The smallest absolute Gasteiger partial charge is 0.252 e. The Labute approximate surface area is 106 Å². The van der Waals surface area contributed by atoms with Crippen molar-refractivity contribution in [3.63, 3.8) is 0 Å². The van der Waals surface area contributed by atoms with Gasteiger partial charge in [-0.2, -0.15) is 0 Å². The standard InChI is InChI=1S/C12H16ClNO3/c1-3-4-5-17-11-7-10(16-2)8(12(14)15)6-9(11)13/h6-7H,3-5H2,1-2H3,(H2,14,15). The van der Waals surface area contributed by atoms with Gasteiger partial charge in [0.05, 0.1) is 24.3 Å². The molecule has 0 aromatic heterocycles. The summed E-state index contributed by atoms with van der Waals surface area (Å²) in [5, 5.41) is 0.357. The lowest BCUT2D eigenvalue weighted by Crippen LogP contribution is -2.12. The number of hydrogen-bond acceptors (Lipinski definition) is 3. The van der Waals surface area contributed by atoms with E-state index in [-0.39, 0.29) is 5.56 Å². The largest absolute Gasteiger partial charge is 0.496 e. The number of benzene rings is 1. The number of nitrogens with two attached hydrogens (primary N) is 1. The Morgan fingerprint density at radius 1 is 1.41 bits per heavy atom. The second kappa shape index (κ2) is 6.35. The number of halogens is 1. The number of ether oxygens (including phenoxy) is 2. The van der Waals surface area contributed by atoms with Crippen molar-refractivity contribution in [3.8, 4) is 11.5 Å². The zero-order valence-electron chi connectivity index (χ0n) is 9.96. The van der Waals surface area contributed by atoms with Crippen molar-refractivity contribution in [3.05, 3.63) is 22.7 Å². The number of carbonyl (C=O) groups is 1. The summed E-state index contributed by atoms with van der Waals surface area (Å²) < 4.78 is 10.6. The Morgan fingerprint density at radius 3 is 2.65 bits per heavy atom. The molecule has 94 valence electrons. The van der Waals surface area contributed by atoms with Gasteiger partial charge in [0.25, 0.3) is 5.91 Å². The zero-order chi connectivity index (χ0) is 12.8. The fraction of sp³-hybridized carbons (Fsp3) is 0.417. The molecule has 1 aromatic carbocycles. The SMILES string of the molecule is CCCCOc1cc(OC)c(C(N)=O)cc1Cl. The van der Waals surface area contributed by atoms with Crippen molar-refractivity contribution in [1.82, 2.24) is 0 Å². The molecule has 17 heavy (non-hydrogen) atoms. The van der Waals surface area contributed by atoms with Crippen molar-refractivity contribution in [2.75, 3.05) is 13.7 Å². The molecule has 0 saturated carbocycles. The van der Waals surface area contributed by atoms with Gasteiger partial charge in [-0.25, -0.2) is 0 Å². The highest BCUT2D eigenvalue weighted by Crippen LogP contribution is 2.32. The summed E-state index contributed by atoms with van der Waals surface area (Å²) in [6.07, 6.45) is 1.98. The fourth-order valence-corrected chi connectivity index (χ4v) is 1.55. The van der Waals surface area contributed by atoms with Gasteiger partial charge < -0.3 is 15.2 Å². The summed E-state index contributed by atoms with van der Waals surface area (Å²) in [6.45, 7) is 2.65. The minimum Gasteiger partial charge on any atom is -0.496 e. The number of unbranched alkanes of at least 4 members (excludes halogenated alkanes) is 1. The monoisotopic (exact) mass is 257 g/mol. The Balaban J connectivity index is 2.96. The molecular weight excluding hydrogens is 242 g/mol. The molecule has 0 spiro atoms. The predicted octanol–water partition coefficient (Wildman–Crippen LogP) is 2.63. The lowest BCUT2D eigenvalue weighted by Gasteiger charge is -2.11. The fourth-order valence-electron chi connectivity index (χ4n) is 1.33. The van der Waals surface area contributed by atoms with Crippen molar-refractivity contribution < 1.29 is 14.3 Å². The third-order valence-electron chi connectivity index (χ3n) is 2.27. The lowest BCUT2D eigenvalue weighted by molar-refractivity contribution is 0.0997. The van der Waals surface area contributed by atoms with E-state index in [2.05, 4.69) is 6.92 Å². The maximum Gasteiger partial charge on any atom is 0.252 e. The first-order valence-electron chi connectivity index (χ1n) is 5.40. The van der Waals surface area contributed by atoms with Gasteiger partial charge in [0.15, 0.2) is 0 Å². The number of primary amides is 1. The minimum absolute atomic E-state index is 0.250. The van der Waals surface area contributed by atoms with E-state index in [4.69, 9.17) is 26.8 Å². The number of hydrogen-bond donors (Lipinski definition) is 1. The Bertz CT molecular complexity index is 407. The van der Waals surface area contributed by atoms with Crippen LogP contribution < -0.4 is 15.2 Å². The van der Waals surface area contributed by atoms with Crippen LogP contribution in [0.5, 0.6) is 11.5 Å². The van der Waals surface area contributed by atoms with E-state index >= 15 is 0 Å². The summed E-state index contributed by atoms with van der Waals surface area (Å²) in [5.41, 5.74) is 5.46. The molecule has 1 aromatic rings. The van der Waals surface area contributed by atoms with E-state index in [9.17, 15) is 4.79 Å². The maximum absolute atomic E-state index is 11.1. The second-order valence-electron chi connectivity index (χ2n) is 3.55. The molecule has 1 rings (SSSR count). The summed E-state index contributed by atoms with van der Waals surface area (Å²) in [7, 11) is 1.46. The van der Waals surface area contributed by atoms with Crippen molar-refractivity contribution in [1.29, 1.82) is 0 Å². The third-order valence-corrected chi connectivity index (χ3v) is 2.57. The van der Waals surface area contributed by atoms with Gasteiger partial charge in [0.1, 0.15) is 11.5 Å². The van der Waals surface area contributed by atoms with Crippen LogP contribution in [-0.4, -0.2) is 19.6 Å². The Hall–Kier alpha value is -1.42. The van der Waals surface area contributed by atoms with Gasteiger partial charge in [-0.3, -0.25) is 4.79 Å². The zero-order valence-corrected chi connectivity index (χ0v) is 10.7. The molecule has 0 radical (unpaired) electrons. The molecule has 5 heteroatoms. The number of amides is 1. The quantitative estimate of drug-likeness (QED) is 0.797. The van der Waals surface area contributed by atoms with Gasteiger partial charge in [0, 0.05) is 6.07 Å². The summed E-state index contributed by atoms with van der Waals surface area (Å²) in [6, 6.07) is 3.04. The molecule has 0 unspecified atom stereocenters. The van der Waals surface area contributed by atoms with Gasteiger partial charge in [-0.15, -0.1) is 0 Å². The normalized spacial score (nSPS) is 10.1. The van der Waals surface area contributed by atoms with Crippen LogP contribution in [-0.2, 0) is 0 Å². The highest BCUT2D eigenvalue weighted by molar-refractivity contribution is 6.32. The van der Waals surface area contributed by atoms with Crippen LogP contribution in [0.4, 0.5) is 0 Å². The van der Waals surface area contributed by atoms with Gasteiger partial charge >= 0.3 is 0 Å². The molecule has 1 amide bonds. The molecule has 0 aliphatic heterocycles. The number of methoxy groups -OCH3 is 1. The van der Waals surface area contributed by atoms with Crippen LogP contribution in [0.3, 0.4) is 0 Å². The number of rotatable bonds is 6. The molecule has 0 heterocycles. The van der Waals surface area contributed by atoms with Crippen LogP contribution in [0.25, 0.3) is 0 Å². The first-order valence-corrected chi connectivity index (χ1v) is 5.78. The van der Waals surface area contributed by atoms with Gasteiger partial charge in [0.2, 0.25) is 0 Å². The van der Waals surface area contributed by atoms with Crippen LogP contribution in [0.1, 0.15) is 30.1 Å². The first-order chi connectivity index (χ1) is 8.10. The van der Waals surface area contributed by atoms with Crippen LogP contribution in [0, 0.1) is 0 Å². The molecule has 0 bridgehead atoms. The average Bonchev–Trinajstić information content (AvgIpc) is 2.30. The van der Waals surface area contributed by atoms with E-state index in [0.29, 0.717) is 23.1 Å². The van der Waals surface area contributed by atoms with Crippen LogP contribution in [0.15, 0.2) is 12.1 Å². The maximum atomic E-state index is 11.1. The Kier molecular flexibility index (Phi) is 5.10. The topological polar surface area (TPSA) is 61.6 Å². The van der Waals surface area contributed by atoms with Gasteiger partial charge in [-0.1, -0.05) is 24.9 Å². The average molecular weight is 258 g/mol. The van der Waals surface area contributed by atoms with Gasteiger partial charge in [-0.05, 0) is 12.5 Å². The summed E-state index contributed by atoms with van der Waals surface area (Å²) in [5.74, 6) is 0.291. The highest BCUT2D eigenvalue weighted by Gasteiger charge is 2.14. The lowest BCUT2D eigenvalue weighted by atomic mass is 10.2. The molecule has 0 aliphatic rings. The van der Waals surface area contributed by atoms with E-state index in [0.717, 1.165) is 12.8 Å². The molecule has 0 fully saturated rings. The van der Waals surface area contributed by atoms with E-state index < -0.39 is 5.91 Å². The highest BCUT2D eigenvalue weighted by atomic mass is 35.5. The molecule has 0 saturated heterocycles. The number of carbonyl (C=O) groups excluding carboxylic acids is 1. The molecule has 2 N–H and O–H groups in total. The minimum atomic E-state index is -0.580. The summed E-state index contributed by atoms with van der Waals surface area (Å²) >= 11 is 5.99. The molecule has 0 atom stereocenters. The Morgan fingerprint density at radius 2 is 2.12 bits per heavy atom. The second-order valence-corrected chi connectivity index (χ2v) is 3.96. The van der Waals surface area contributed by atoms with Crippen LogP contribution in [0.2, 0.25) is 5.02 Å².